The molecule has 0 aliphatic carbocycles. The molecule has 1 aliphatic rings. The molecule has 8 heteroatoms. The molecule has 0 saturated carbocycles. The number of aliphatic imine (C=N–C) groups is 1. The highest BCUT2D eigenvalue weighted by Crippen LogP contribution is 2.34. The Hall–Kier alpha value is -2.09. The lowest BCUT2D eigenvalue weighted by molar-refractivity contribution is -0.116. The number of halogens is 1. The molecule has 0 unspecified atom stereocenters. The van der Waals surface area contributed by atoms with Crippen LogP contribution in [0.3, 0.4) is 0 Å². The van der Waals surface area contributed by atoms with Crippen molar-refractivity contribution in [3.63, 3.8) is 0 Å². The standard InChI is InChI=1S/C19H17ClN2O3S2/c1-3-13(23)11-27-19-21-16(10-14-5-4-8-26-14)18(24)22(19)12-6-7-17(25-2)15(20)9-12/h4-10H,3,11H2,1-2H3/b16-10+. The molecule has 1 aromatic carbocycles. The SMILES string of the molecule is CCC(=O)CSC1=N/C(=C/c2cccs2)C(=O)N1c1ccc(OC)c(Cl)c1. The van der Waals surface area contributed by atoms with Gasteiger partial charge in [0.05, 0.1) is 23.6 Å². The highest BCUT2D eigenvalue weighted by atomic mass is 35.5. The normalized spacial score (nSPS) is 15.4. The molecule has 5 nitrogen and oxygen atoms in total. The highest BCUT2D eigenvalue weighted by molar-refractivity contribution is 8.14. The minimum atomic E-state index is -0.254. The van der Waals surface area contributed by atoms with Crippen LogP contribution in [-0.4, -0.2) is 29.7 Å². The Balaban J connectivity index is 1.96. The number of ether oxygens (including phenoxy) is 1. The van der Waals surface area contributed by atoms with Crippen molar-refractivity contribution in [1.82, 2.24) is 0 Å². The molecule has 3 rings (SSSR count). The zero-order valence-corrected chi connectivity index (χ0v) is 17.2. The number of thioether (sulfide) groups is 1. The van der Waals surface area contributed by atoms with Crippen LogP contribution < -0.4 is 9.64 Å². The number of carbonyl (C=O) groups is 2. The van der Waals surface area contributed by atoms with E-state index in [-0.39, 0.29) is 17.4 Å². The molecule has 2 heterocycles. The van der Waals surface area contributed by atoms with Gasteiger partial charge in [0.25, 0.3) is 5.91 Å². The Labute approximate surface area is 170 Å². The predicted molar refractivity (Wildman–Crippen MR) is 113 cm³/mol. The summed E-state index contributed by atoms with van der Waals surface area (Å²) in [6, 6.07) is 8.93. The van der Waals surface area contributed by atoms with Crippen LogP contribution in [-0.2, 0) is 9.59 Å². The average molecular weight is 421 g/mol. The number of benzene rings is 1. The number of rotatable bonds is 6. The first-order valence-corrected chi connectivity index (χ1v) is 10.4. The predicted octanol–water partition coefficient (Wildman–Crippen LogP) is 4.87. The quantitative estimate of drug-likeness (QED) is 0.626. The molecule has 0 fully saturated rings. The van der Waals surface area contributed by atoms with E-state index in [9.17, 15) is 9.59 Å². The van der Waals surface area contributed by atoms with E-state index in [1.54, 1.807) is 24.3 Å². The van der Waals surface area contributed by atoms with Gasteiger partial charge in [-0.3, -0.25) is 14.5 Å². The Bertz CT molecular complexity index is 923. The van der Waals surface area contributed by atoms with Gasteiger partial charge < -0.3 is 4.74 Å². The maximum Gasteiger partial charge on any atom is 0.283 e. The minimum absolute atomic E-state index is 0.0959. The van der Waals surface area contributed by atoms with E-state index in [1.165, 1.54) is 35.1 Å². The maximum absolute atomic E-state index is 13.0. The average Bonchev–Trinajstić information content (AvgIpc) is 3.28. The fourth-order valence-electron chi connectivity index (χ4n) is 2.37. The zero-order valence-electron chi connectivity index (χ0n) is 14.8. The van der Waals surface area contributed by atoms with E-state index < -0.39 is 0 Å². The molecule has 0 saturated heterocycles. The number of amidine groups is 1. The molecule has 0 radical (unpaired) electrons. The largest absolute Gasteiger partial charge is 0.495 e. The number of methoxy groups -OCH3 is 1. The summed E-state index contributed by atoms with van der Waals surface area (Å²) >= 11 is 9.00. The van der Waals surface area contributed by atoms with Crippen molar-refractivity contribution in [3.05, 3.63) is 51.3 Å². The van der Waals surface area contributed by atoms with Gasteiger partial charge in [0.1, 0.15) is 17.2 Å². The Morgan fingerprint density at radius 1 is 1.41 bits per heavy atom. The van der Waals surface area contributed by atoms with Gasteiger partial charge in [-0.15, -0.1) is 11.3 Å². The topological polar surface area (TPSA) is 59.0 Å². The van der Waals surface area contributed by atoms with Gasteiger partial charge in [0, 0.05) is 11.3 Å². The number of thiophene rings is 1. The summed E-state index contributed by atoms with van der Waals surface area (Å²) in [6.45, 7) is 1.81. The third-order valence-electron chi connectivity index (χ3n) is 3.80. The summed E-state index contributed by atoms with van der Waals surface area (Å²) in [4.78, 5) is 31.6. The molecule has 1 aliphatic heterocycles. The number of nitrogens with zero attached hydrogens (tertiary/aromatic N) is 2. The van der Waals surface area contributed by atoms with Crippen molar-refractivity contribution in [2.45, 2.75) is 13.3 Å². The van der Waals surface area contributed by atoms with E-state index in [4.69, 9.17) is 16.3 Å². The van der Waals surface area contributed by atoms with Crippen molar-refractivity contribution in [3.8, 4) is 5.75 Å². The Morgan fingerprint density at radius 3 is 2.85 bits per heavy atom. The summed E-state index contributed by atoms with van der Waals surface area (Å²) < 4.78 is 5.18. The van der Waals surface area contributed by atoms with Crippen LogP contribution in [0.4, 0.5) is 5.69 Å². The van der Waals surface area contributed by atoms with Gasteiger partial charge in [0.15, 0.2) is 5.17 Å². The second kappa shape index (κ2) is 8.73. The first-order chi connectivity index (χ1) is 13.0. The number of ketones is 1. The third kappa shape index (κ3) is 4.43. The van der Waals surface area contributed by atoms with Gasteiger partial charge in [-0.05, 0) is 35.7 Å². The Morgan fingerprint density at radius 2 is 2.22 bits per heavy atom. The monoisotopic (exact) mass is 420 g/mol. The van der Waals surface area contributed by atoms with Crippen LogP contribution in [0.1, 0.15) is 18.2 Å². The summed E-state index contributed by atoms with van der Waals surface area (Å²) in [5.41, 5.74) is 0.909. The van der Waals surface area contributed by atoms with Crippen molar-refractivity contribution in [2.75, 3.05) is 17.8 Å². The highest BCUT2D eigenvalue weighted by Gasteiger charge is 2.32. The molecule has 140 valence electrons. The summed E-state index contributed by atoms with van der Waals surface area (Å²) in [6.07, 6.45) is 2.20. The van der Waals surface area contributed by atoms with Gasteiger partial charge in [-0.1, -0.05) is 36.4 Å². The van der Waals surface area contributed by atoms with Crippen LogP contribution in [0.15, 0.2) is 46.4 Å². The lowest BCUT2D eigenvalue weighted by Crippen LogP contribution is -2.30. The molecule has 0 bridgehead atoms. The molecule has 1 amide bonds. The number of hydrogen-bond acceptors (Lipinski definition) is 6. The molecular weight excluding hydrogens is 404 g/mol. The molecule has 2 aromatic rings. The second-order valence-corrected chi connectivity index (χ2v) is 7.91. The third-order valence-corrected chi connectivity index (χ3v) is 5.91. The molecule has 0 N–H and O–H groups in total. The lowest BCUT2D eigenvalue weighted by atomic mass is 10.2. The minimum Gasteiger partial charge on any atom is -0.495 e. The first kappa shape index (κ1) is 19.7. The first-order valence-electron chi connectivity index (χ1n) is 8.20. The van der Waals surface area contributed by atoms with E-state index in [0.717, 1.165) is 4.88 Å². The second-order valence-electron chi connectivity index (χ2n) is 5.58. The number of carbonyl (C=O) groups excluding carboxylic acids is 2. The smallest absolute Gasteiger partial charge is 0.283 e. The van der Waals surface area contributed by atoms with Crippen LogP contribution in [0.25, 0.3) is 6.08 Å². The van der Waals surface area contributed by atoms with E-state index in [2.05, 4.69) is 4.99 Å². The van der Waals surface area contributed by atoms with Crippen LogP contribution in [0, 0.1) is 0 Å². The van der Waals surface area contributed by atoms with Gasteiger partial charge in [-0.2, -0.15) is 0 Å². The molecule has 0 atom stereocenters. The maximum atomic E-state index is 13.0. The van der Waals surface area contributed by atoms with Crippen LogP contribution >= 0.6 is 34.7 Å². The van der Waals surface area contributed by atoms with Gasteiger partial charge in [-0.25, -0.2) is 4.99 Å². The zero-order chi connectivity index (χ0) is 19.4. The van der Waals surface area contributed by atoms with Crippen LogP contribution in [0.2, 0.25) is 5.02 Å². The number of hydrogen-bond donors (Lipinski definition) is 0. The van der Waals surface area contributed by atoms with Crippen molar-refractivity contribution in [2.24, 2.45) is 4.99 Å². The summed E-state index contributed by atoms with van der Waals surface area (Å²) in [5, 5.41) is 2.80. The fraction of sp³-hybridized carbons (Fsp3) is 0.211. The number of amides is 1. The van der Waals surface area contributed by atoms with Crippen molar-refractivity contribution >= 4 is 63.3 Å². The molecular formula is C19H17ClN2O3S2. The molecule has 0 spiro atoms. The summed E-state index contributed by atoms with van der Waals surface area (Å²) in [7, 11) is 1.53. The van der Waals surface area contributed by atoms with Crippen molar-refractivity contribution in [1.29, 1.82) is 0 Å². The van der Waals surface area contributed by atoms with E-state index in [0.29, 0.717) is 33.7 Å². The molecule has 27 heavy (non-hydrogen) atoms. The number of Topliss-reactive ketones (excluding diaryl/α,β-unsaturated/α-hetero) is 1. The van der Waals surface area contributed by atoms with Crippen molar-refractivity contribution < 1.29 is 14.3 Å². The molecule has 1 aromatic heterocycles. The van der Waals surface area contributed by atoms with E-state index >= 15 is 0 Å². The van der Waals surface area contributed by atoms with E-state index in [1.807, 2.05) is 24.4 Å². The van der Waals surface area contributed by atoms with Crippen LogP contribution in [0.5, 0.6) is 5.75 Å². The van der Waals surface area contributed by atoms with Gasteiger partial charge in [0.2, 0.25) is 0 Å². The number of anilines is 1. The Kier molecular flexibility index (Phi) is 6.36. The van der Waals surface area contributed by atoms with Gasteiger partial charge >= 0.3 is 0 Å². The summed E-state index contributed by atoms with van der Waals surface area (Å²) in [5.74, 6) is 0.623. The fourth-order valence-corrected chi connectivity index (χ4v) is 4.25. The lowest BCUT2D eigenvalue weighted by Gasteiger charge is -2.18.